The van der Waals surface area contributed by atoms with E-state index in [-0.39, 0.29) is 23.4 Å². The van der Waals surface area contributed by atoms with E-state index in [0.29, 0.717) is 18.3 Å². The summed E-state index contributed by atoms with van der Waals surface area (Å²) in [6, 6.07) is 0. The first-order chi connectivity index (χ1) is 10.5. The molecule has 0 saturated heterocycles. The van der Waals surface area contributed by atoms with Crippen LogP contribution >= 0.6 is 0 Å². The summed E-state index contributed by atoms with van der Waals surface area (Å²) in [4.78, 5) is 29.9. The Labute approximate surface area is 128 Å². The van der Waals surface area contributed by atoms with Gasteiger partial charge in [-0.15, -0.1) is 0 Å². The molecule has 1 saturated carbocycles. The third-order valence-electron chi connectivity index (χ3n) is 4.03. The maximum atomic E-state index is 11.5. The van der Waals surface area contributed by atoms with Gasteiger partial charge in [-0.3, -0.25) is 14.9 Å². The number of anilines is 1. The zero-order valence-electron chi connectivity index (χ0n) is 12.7. The van der Waals surface area contributed by atoms with Gasteiger partial charge in [0.1, 0.15) is 12.0 Å². The zero-order valence-corrected chi connectivity index (χ0v) is 12.7. The number of aromatic nitrogens is 2. The molecule has 1 aliphatic rings. The quantitative estimate of drug-likeness (QED) is 0.504. The Bertz CT molecular complexity index is 556. The predicted molar refractivity (Wildman–Crippen MR) is 79.4 cm³/mol. The van der Waals surface area contributed by atoms with Crippen molar-refractivity contribution in [1.29, 1.82) is 0 Å². The molecule has 0 bridgehead atoms. The van der Waals surface area contributed by atoms with Gasteiger partial charge in [0, 0.05) is 6.54 Å². The second-order valence-corrected chi connectivity index (χ2v) is 5.53. The van der Waals surface area contributed by atoms with Crippen molar-refractivity contribution in [3.63, 3.8) is 0 Å². The molecule has 8 nitrogen and oxygen atoms in total. The minimum Gasteiger partial charge on any atom is -0.469 e. The Balaban J connectivity index is 1.91. The van der Waals surface area contributed by atoms with Gasteiger partial charge < -0.3 is 10.1 Å². The van der Waals surface area contributed by atoms with E-state index in [1.807, 2.05) is 0 Å². The van der Waals surface area contributed by atoms with Crippen molar-refractivity contribution in [2.24, 2.45) is 11.8 Å². The largest absolute Gasteiger partial charge is 0.469 e. The van der Waals surface area contributed by atoms with Crippen molar-refractivity contribution in [2.45, 2.75) is 32.6 Å². The first-order valence-electron chi connectivity index (χ1n) is 7.31. The van der Waals surface area contributed by atoms with Crippen LogP contribution in [-0.2, 0) is 9.53 Å². The smallest absolute Gasteiger partial charge is 0.329 e. The highest BCUT2D eigenvalue weighted by molar-refractivity contribution is 5.72. The van der Waals surface area contributed by atoms with Gasteiger partial charge in [0.05, 0.1) is 18.0 Å². The fraction of sp³-hybridized carbons (Fsp3) is 0.643. The molecule has 0 atom stereocenters. The van der Waals surface area contributed by atoms with Crippen LogP contribution in [0.15, 0.2) is 6.20 Å². The second kappa shape index (κ2) is 7.15. The number of methoxy groups -OCH3 is 1. The van der Waals surface area contributed by atoms with E-state index in [0.717, 1.165) is 25.7 Å². The molecular formula is C14H20N4O4. The minimum atomic E-state index is -0.490. The summed E-state index contributed by atoms with van der Waals surface area (Å²) in [6.07, 6.45) is 4.60. The monoisotopic (exact) mass is 308 g/mol. The van der Waals surface area contributed by atoms with Crippen LogP contribution in [0.4, 0.5) is 11.5 Å². The first kappa shape index (κ1) is 16.1. The lowest BCUT2D eigenvalue weighted by Crippen LogP contribution is -2.26. The molecule has 1 N–H and O–H groups in total. The lowest BCUT2D eigenvalue weighted by atomic mass is 9.82. The molecule has 0 aliphatic heterocycles. The van der Waals surface area contributed by atoms with Crippen LogP contribution in [0, 0.1) is 28.9 Å². The molecule has 0 aromatic carbocycles. The molecule has 1 heterocycles. The number of nitrogens with one attached hydrogen (secondary N) is 1. The van der Waals surface area contributed by atoms with Crippen molar-refractivity contribution >= 4 is 17.5 Å². The van der Waals surface area contributed by atoms with Crippen LogP contribution < -0.4 is 5.32 Å². The number of carbonyl (C=O) groups excluding carboxylic acids is 1. The average Bonchev–Trinajstić information content (AvgIpc) is 2.52. The van der Waals surface area contributed by atoms with Gasteiger partial charge in [-0.1, -0.05) is 0 Å². The molecule has 0 radical (unpaired) electrons. The third-order valence-corrected chi connectivity index (χ3v) is 4.03. The van der Waals surface area contributed by atoms with Crippen LogP contribution in [0.2, 0.25) is 0 Å². The van der Waals surface area contributed by atoms with Gasteiger partial charge >= 0.3 is 11.7 Å². The van der Waals surface area contributed by atoms with Crippen molar-refractivity contribution in [3.05, 3.63) is 22.1 Å². The maximum absolute atomic E-state index is 11.5. The normalized spacial score (nSPS) is 21.2. The summed E-state index contributed by atoms with van der Waals surface area (Å²) in [7, 11) is 1.41. The lowest BCUT2D eigenvalue weighted by molar-refractivity contribution is -0.384. The highest BCUT2D eigenvalue weighted by Crippen LogP contribution is 2.30. The van der Waals surface area contributed by atoms with Crippen molar-refractivity contribution in [3.8, 4) is 0 Å². The lowest BCUT2D eigenvalue weighted by Gasteiger charge is -2.27. The third kappa shape index (κ3) is 3.90. The maximum Gasteiger partial charge on any atom is 0.329 e. The summed E-state index contributed by atoms with van der Waals surface area (Å²) >= 11 is 0. The van der Waals surface area contributed by atoms with Crippen LogP contribution in [0.5, 0.6) is 0 Å². The number of nitro groups is 1. The Morgan fingerprint density at radius 2 is 2.14 bits per heavy atom. The molecule has 0 unspecified atom stereocenters. The Morgan fingerprint density at radius 1 is 1.45 bits per heavy atom. The number of carbonyl (C=O) groups is 1. The van der Waals surface area contributed by atoms with Gasteiger partial charge in [-0.25, -0.2) is 9.97 Å². The molecule has 1 aromatic rings. The first-order valence-corrected chi connectivity index (χ1v) is 7.31. The van der Waals surface area contributed by atoms with Gasteiger partial charge in [0.15, 0.2) is 0 Å². The fourth-order valence-corrected chi connectivity index (χ4v) is 2.74. The van der Waals surface area contributed by atoms with E-state index in [1.165, 1.54) is 13.3 Å². The van der Waals surface area contributed by atoms with E-state index in [2.05, 4.69) is 15.3 Å². The molecule has 1 fully saturated rings. The van der Waals surface area contributed by atoms with Gasteiger partial charge in [-0.05, 0) is 38.5 Å². The number of ether oxygens (including phenoxy) is 1. The van der Waals surface area contributed by atoms with Crippen molar-refractivity contribution in [1.82, 2.24) is 9.97 Å². The molecule has 0 amide bonds. The molecule has 22 heavy (non-hydrogen) atoms. The molecule has 1 aliphatic carbocycles. The SMILES string of the molecule is COC(=O)C1CCC(CNc2nc(C)ncc2[N+](=O)[O-])CC1. The summed E-state index contributed by atoms with van der Waals surface area (Å²) in [5.41, 5.74) is -0.117. The standard InChI is InChI=1S/C14H20N4O4/c1-9-15-8-12(18(20)21)13(17-9)16-7-10-3-5-11(6-4-10)14(19)22-2/h8,10-11H,3-7H2,1-2H3,(H,15,16,17). The highest BCUT2D eigenvalue weighted by atomic mass is 16.6. The molecule has 120 valence electrons. The van der Waals surface area contributed by atoms with Gasteiger partial charge in [-0.2, -0.15) is 0 Å². The Kier molecular flexibility index (Phi) is 5.24. The molecular weight excluding hydrogens is 288 g/mol. The molecule has 8 heteroatoms. The summed E-state index contributed by atoms with van der Waals surface area (Å²) < 4.78 is 4.76. The summed E-state index contributed by atoms with van der Waals surface area (Å²) in [5, 5.41) is 14.0. The van der Waals surface area contributed by atoms with Crippen LogP contribution in [0.25, 0.3) is 0 Å². The van der Waals surface area contributed by atoms with E-state index in [4.69, 9.17) is 4.74 Å². The van der Waals surface area contributed by atoms with Crippen LogP contribution in [-0.4, -0.2) is 34.5 Å². The van der Waals surface area contributed by atoms with Crippen molar-refractivity contribution < 1.29 is 14.5 Å². The molecule has 0 spiro atoms. The van der Waals surface area contributed by atoms with Gasteiger partial charge in [0.2, 0.25) is 5.82 Å². The summed E-state index contributed by atoms with van der Waals surface area (Å²) in [6.45, 7) is 2.29. The zero-order chi connectivity index (χ0) is 16.1. The molecule has 1 aromatic heterocycles. The van der Waals surface area contributed by atoms with E-state index in [1.54, 1.807) is 6.92 Å². The van der Waals surface area contributed by atoms with Crippen LogP contribution in [0.1, 0.15) is 31.5 Å². The second-order valence-electron chi connectivity index (χ2n) is 5.53. The number of esters is 1. The highest BCUT2D eigenvalue weighted by Gasteiger charge is 2.27. The van der Waals surface area contributed by atoms with Crippen molar-refractivity contribution in [2.75, 3.05) is 19.0 Å². The number of hydrogen-bond acceptors (Lipinski definition) is 7. The van der Waals surface area contributed by atoms with E-state index >= 15 is 0 Å². The summed E-state index contributed by atoms with van der Waals surface area (Å²) in [5.74, 6) is 0.955. The average molecular weight is 308 g/mol. The number of hydrogen-bond donors (Lipinski definition) is 1. The minimum absolute atomic E-state index is 0.0168. The fourth-order valence-electron chi connectivity index (χ4n) is 2.74. The predicted octanol–water partition coefficient (Wildman–Crippen LogP) is 2.08. The Morgan fingerprint density at radius 3 is 2.73 bits per heavy atom. The number of nitrogens with zero attached hydrogens (tertiary/aromatic N) is 3. The number of rotatable bonds is 5. The van der Waals surface area contributed by atoms with E-state index in [9.17, 15) is 14.9 Å². The topological polar surface area (TPSA) is 107 Å². The van der Waals surface area contributed by atoms with Gasteiger partial charge in [0.25, 0.3) is 0 Å². The number of aryl methyl sites for hydroxylation is 1. The molecule has 2 rings (SSSR count). The Hall–Kier alpha value is -2.25. The van der Waals surface area contributed by atoms with E-state index < -0.39 is 4.92 Å². The van der Waals surface area contributed by atoms with Crippen LogP contribution in [0.3, 0.4) is 0 Å².